The van der Waals surface area contributed by atoms with Crippen LogP contribution in [0, 0.1) is 6.92 Å². The molecule has 1 heterocycles. The molecule has 1 rings (SSSR count). The van der Waals surface area contributed by atoms with Crippen molar-refractivity contribution in [1.82, 2.24) is 9.97 Å². The maximum absolute atomic E-state index is 5.44. The molecule has 1 aromatic heterocycles. The molecule has 0 bridgehead atoms. The van der Waals surface area contributed by atoms with Crippen molar-refractivity contribution in [3.8, 4) is 5.88 Å². The molecule has 0 saturated heterocycles. The molecule has 0 unspecified atom stereocenters. The summed E-state index contributed by atoms with van der Waals surface area (Å²) in [5, 5.41) is 0.879. The van der Waals surface area contributed by atoms with Crippen LogP contribution in [0.2, 0.25) is 0 Å². The minimum atomic E-state index is 0.604. The molecule has 0 atom stereocenters. The van der Waals surface area contributed by atoms with Crippen molar-refractivity contribution in [1.29, 1.82) is 0 Å². The number of alkyl halides is 1. The summed E-state index contributed by atoms with van der Waals surface area (Å²) in [6.45, 7) is 6.74. The minimum absolute atomic E-state index is 0.604. The number of anilines is 1. The summed E-state index contributed by atoms with van der Waals surface area (Å²) in [7, 11) is 1.70. The van der Waals surface area contributed by atoms with Crippen LogP contribution in [0.4, 0.5) is 5.82 Å². The molecule has 0 aliphatic heterocycles. The van der Waals surface area contributed by atoms with Gasteiger partial charge >= 0.3 is 0 Å². The summed E-state index contributed by atoms with van der Waals surface area (Å²) < 4.78 is 10.6. The van der Waals surface area contributed by atoms with E-state index in [4.69, 9.17) is 9.47 Å². The second-order valence-electron chi connectivity index (χ2n) is 3.71. The highest BCUT2D eigenvalue weighted by Crippen LogP contribution is 2.17. The van der Waals surface area contributed by atoms with E-state index in [9.17, 15) is 0 Å². The first-order valence-electron chi connectivity index (χ1n) is 5.99. The van der Waals surface area contributed by atoms with Crippen molar-refractivity contribution in [3.63, 3.8) is 0 Å². The third-order valence-electron chi connectivity index (χ3n) is 2.34. The molecule has 0 aromatic carbocycles. The molecular weight excluding hydrogens is 298 g/mol. The van der Waals surface area contributed by atoms with E-state index in [1.54, 1.807) is 7.11 Å². The number of ether oxygens (including phenoxy) is 2. The Labute approximate surface area is 117 Å². The molecule has 6 heteroatoms. The van der Waals surface area contributed by atoms with Gasteiger partial charge in [-0.25, -0.2) is 4.98 Å². The lowest BCUT2D eigenvalue weighted by atomic mass is 10.4. The summed E-state index contributed by atoms with van der Waals surface area (Å²) in [5.74, 6) is 2.22. The van der Waals surface area contributed by atoms with Crippen LogP contribution in [0.3, 0.4) is 0 Å². The largest absolute Gasteiger partial charge is 0.478 e. The Kier molecular flexibility index (Phi) is 6.97. The van der Waals surface area contributed by atoms with Gasteiger partial charge in [-0.3, -0.25) is 0 Å². The first-order chi connectivity index (χ1) is 8.71. The highest BCUT2D eigenvalue weighted by molar-refractivity contribution is 9.09. The van der Waals surface area contributed by atoms with Gasteiger partial charge in [-0.1, -0.05) is 15.9 Å². The third-order valence-corrected chi connectivity index (χ3v) is 2.69. The molecule has 0 saturated carbocycles. The van der Waals surface area contributed by atoms with Crippen LogP contribution in [0.5, 0.6) is 5.88 Å². The highest BCUT2D eigenvalue weighted by atomic mass is 79.9. The van der Waals surface area contributed by atoms with E-state index >= 15 is 0 Å². The Balaban J connectivity index is 2.87. The number of nitrogens with zero attached hydrogens (tertiary/aromatic N) is 3. The molecule has 0 radical (unpaired) electrons. The molecule has 0 fully saturated rings. The van der Waals surface area contributed by atoms with Gasteiger partial charge in [0.25, 0.3) is 0 Å². The van der Waals surface area contributed by atoms with Crippen molar-refractivity contribution in [3.05, 3.63) is 11.9 Å². The zero-order valence-electron chi connectivity index (χ0n) is 11.1. The Morgan fingerprint density at radius 2 is 2.11 bits per heavy atom. The van der Waals surface area contributed by atoms with Crippen LogP contribution in [0.25, 0.3) is 0 Å². The van der Waals surface area contributed by atoms with E-state index < -0.39 is 0 Å². The minimum Gasteiger partial charge on any atom is -0.478 e. The number of aromatic nitrogens is 2. The fourth-order valence-electron chi connectivity index (χ4n) is 1.55. The maximum atomic E-state index is 5.44. The lowest BCUT2D eigenvalue weighted by Crippen LogP contribution is -2.30. The number of hydrogen-bond donors (Lipinski definition) is 0. The zero-order chi connectivity index (χ0) is 13.4. The van der Waals surface area contributed by atoms with Crippen molar-refractivity contribution >= 4 is 21.7 Å². The van der Waals surface area contributed by atoms with E-state index in [2.05, 4.69) is 30.8 Å². The monoisotopic (exact) mass is 317 g/mol. The number of halogens is 1. The topological polar surface area (TPSA) is 47.5 Å². The van der Waals surface area contributed by atoms with Crippen LogP contribution >= 0.6 is 15.9 Å². The number of methoxy groups -OCH3 is 1. The maximum Gasteiger partial charge on any atom is 0.218 e. The molecule has 0 N–H and O–H groups in total. The van der Waals surface area contributed by atoms with Crippen molar-refractivity contribution in [2.45, 2.75) is 13.8 Å². The molecule has 102 valence electrons. The van der Waals surface area contributed by atoms with Crippen LogP contribution in [-0.2, 0) is 4.74 Å². The van der Waals surface area contributed by atoms with Crippen molar-refractivity contribution < 1.29 is 9.47 Å². The quantitative estimate of drug-likeness (QED) is 0.687. The highest BCUT2D eigenvalue weighted by Gasteiger charge is 2.10. The lowest BCUT2D eigenvalue weighted by Gasteiger charge is -2.23. The van der Waals surface area contributed by atoms with Gasteiger partial charge < -0.3 is 14.4 Å². The van der Waals surface area contributed by atoms with Gasteiger partial charge in [0.15, 0.2) is 0 Å². The Morgan fingerprint density at radius 1 is 1.33 bits per heavy atom. The first-order valence-corrected chi connectivity index (χ1v) is 7.11. The Morgan fingerprint density at radius 3 is 2.72 bits per heavy atom. The van der Waals surface area contributed by atoms with Crippen LogP contribution in [0.15, 0.2) is 6.07 Å². The molecular formula is C12H20BrN3O2. The standard InChI is InChI=1S/C12H20BrN3O2/c1-4-18-12-9-11(14-10(2)15-12)16(6-5-13)7-8-17-3/h9H,4-8H2,1-3H3. The van der Waals surface area contributed by atoms with Gasteiger partial charge in [-0.2, -0.15) is 4.98 Å². The van der Waals surface area contributed by atoms with Crippen LogP contribution < -0.4 is 9.64 Å². The molecule has 0 aliphatic carbocycles. The zero-order valence-corrected chi connectivity index (χ0v) is 12.7. The summed E-state index contributed by atoms with van der Waals surface area (Å²) in [4.78, 5) is 10.8. The third kappa shape index (κ3) is 4.78. The second-order valence-corrected chi connectivity index (χ2v) is 4.51. The van der Waals surface area contributed by atoms with E-state index in [0.717, 1.165) is 24.2 Å². The van der Waals surface area contributed by atoms with E-state index in [-0.39, 0.29) is 0 Å². The number of rotatable bonds is 8. The van der Waals surface area contributed by atoms with Gasteiger partial charge in [-0.05, 0) is 13.8 Å². The van der Waals surface area contributed by atoms with Gasteiger partial charge in [-0.15, -0.1) is 0 Å². The van der Waals surface area contributed by atoms with E-state index in [0.29, 0.717) is 24.9 Å². The summed E-state index contributed by atoms with van der Waals surface area (Å²) >= 11 is 3.45. The predicted molar refractivity (Wildman–Crippen MR) is 75.8 cm³/mol. The smallest absolute Gasteiger partial charge is 0.218 e. The first kappa shape index (κ1) is 15.2. The number of hydrogen-bond acceptors (Lipinski definition) is 5. The SMILES string of the molecule is CCOc1cc(N(CCBr)CCOC)nc(C)n1. The fraction of sp³-hybridized carbons (Fsp3) is 0.667. The molecule has 0 amide bonds. The van der Waals surface area contributed by atoms with Gasteiger partial charge in [0.2, 0.25) is 5.88 Å². The predicted octanol–water partition coefficient (Wildman–Crippen LogP) is 2.03. The van der Waals surface area contributed by atoms with Crippen molar-refractivity contribution in [2.75, 3.05) is 43.6 Å². The van der Waals surface area contributed by atoms with Crippen molar-refractivity contribution in [2.24, 2.45) is 0 Å². The lowest BCUT2D eigenvalue weighted by molar-refractivity contribution is 0.205. The molecule has 0 spiro atoms. The normalized spacial score (nSPS) is 10.4. The molecule has 1 aromatic rings. The average Bonchev–Trinajstić information content (AvgIpc) is 2.34. The summed E-state index contributed by atoms with van der Waals surface area (Å²) in [5.41, 5.74) is 0. The van der Waals surface area contributed by atoms with Gasteiger partial charge in [0.1, 0.15) is 11.6 Å². The molecule has 0 aliphatic rings. The van der Waals surface area contributed by atoms with Crippen LogP contribution in [-0.4, -0.2) is 48.7 Å². The summed E-state index contributed by atoms with van der Waals surface area (Å²) in [6, 6.07) is 1.87. The molecule has 18 heavy (non-hydrogen) atoms. The second kappa shape index (κ2) is 8.26. The summed E-state index contributed by atoms with van der Waals surface area (Å²) in [6.07, 6.45) is 0. The molecule has 5 nitrogen and oxygen atoms in total. The van der Waals surface area contributed by atoms with Gasteiger partial charge in [0, 0.05) is 31.6 Å². The average molecular weight is 318 g/mol. The van der Waals surface area contributed by atoms with Gasteiger partial charge in [0.05, 0.1) is 13.2 Å². The Bertz CT molecular complexity index is 363. The van der Waals surface area contributed by atoms with E-state index in [1.807, 2.05) is 19.9 Å². The number of aryl methyl sites for hydroxylation is 1. The Hall–Kier alpha value is -0.880. The van der Waals surface area contributed by atoms with Crippen LogP contribution in [0.1, 0.15) is 12.7 Å². The van der Waals surface area contributed by atoms with E-state index in [1.165, 1.54) is 0 Å². The fourth-order valence-corrected chi connectivity index (χ4v) is 1.98.